The van der Waals surface area contributed by atoms with Gasteiger partial charge in [-0.2, -0.15) is 0 Å². The summed E-state index contributed by atoms with van der Waals surface area (Å²) in [6.07, 6.45) is 10.3. The number of allylic oxidation sites excluding steroid dienone is 2. The minimum absolute atomic E-state index is 0.166. The second-order valence-corrected chi connectivity index (χ2v) is 7.58. The van der Waals surface area contributed by atoms with E-state index in [4.69, 9.17) is 11.6 Å². The summed E-state index contributed by atoms with van der Waals surface area (Å²) in [5.41, 5.74) is 2.19. The van der Waals surface area contributed by atoms with Crippen molar-refractivity contribution in [2.75, 3.05) is 33.2 Å². The molecule has 1 amide bonds. The third kappa shape index (κ3) is 5.20. The third-order valence-electron chi connectivity index (χ3n) is 5.23. The summed E-state index contributed by atoms with van der Waals surface area (Å²) in [6, 6.07) is 8.15. The van der Waals surface area contributed by atoms with Gasteiger partial charge in [0.15, 0.2) is 0 Å². The van der Waals surface area contributed by atoms with E-state index in [1.807, 2.05) is 42.3 Å². The number of hydrogen-bond acceptors (Lipinski definition) is 2. The third-order valence-corrected chi connectivity index (χ3v) is 5.49. The zero-order chi connectivity index (χ0) is 17.6. The van der Waals surface area contributed by atoms with E-state index in [9.17, 15) is 4.79 Å². The van der Waals surface area contributed by atoms with Crippen molar-refractivity contribution in [2.24, 2.45) is 5.92 Å². The Bertz CT molecular complexity index is 642. The van der Waals surface area contributed by atoms with Gasteiger partial charge in [-0.05, 0) is 62.4 Å². The molecule has 3 rings (SSSR count). The second-order valence-electron chi connectivity index (χ2n) is 7.14. The highest BCUT2D eigenvalue weighted by molar-refractivity contribution is 6.30. The lowest BCUT2D eigenvalue weighted by atomic mass is 9.95. The molecule has 0 N–H and O–H groups in total. The summed E-state index contributed by atoms with van der Waals surface area (Å²) in [5, 5.41) is 0.798. The van der Waals surface area contributed by atoms with Gasteiger partial charge in [0.2, 0.25) is 0 Å². The van der Waals surface area contributed by atoms with Gasteiger partial charge in [0, 0.05) is 30.7 Å². The molecule has 2 aliphatic rings. The number of carbonyl (C=O) groups excluding carboxylic acids is 1. The number of halogens is 1. The van der Waals surface area contributed by atoms with E-state index in [-0.39, 0.29) is 5.91 Å². The van der Waals surface area contributed by atoms with Gasteiger partial charge in [0.1, 0.15) is 0 Å². The molecule has 1 aliphatic heterocycles. The van der Waals surface area contributed by atoms with Crippen LogP contribution in [0.2, 0.25) is 5.02 Å². The van der Waals surface area contributed by atoms with Gasteiger partial charge in [-0.1, -0.05) is 42.0 Å². The number of likely N-dealkylation sites (N-methyl/N-ethyl adjacent to an activating group) is 1. The lowest BCUT2D eigenvalue weighted by Crippen LogP contribution is -2.40. The predicted octanol–water partition coefficient (Wildman–Crippen LogP) is 3.94. The molecule has 0 radical (unpaired) electrons. The molecule has 1 heterocycles. The number of benzene rings is 1. The van der Waals surface area contributed by atoms with Gasteiger partial charge in [0.05, 0.1) is 0 Å². The molecule has 1 fully saturated rings. The average molecular weight is 359 g/mol. The molecule has 134 valence electrons. The Morgan fingerprint density at radius 3 is 2.60 bits per heavy atom. The van der Waals surface area contributed by atoms with Gasteiger partial charge >= 0.3 is 0 Å². The van der Waals surface area contributed by atoms with Crippen LogP contribution in [0.1, 0.15) is 24.8 Å². The Morgan fingerprint density at radius 2 is 1.96 bits per heavy atom. The summed E-state index contributed by atoms with van der Waals surface area (Å²) in [6.45, 7) is 4.22. The van der Waals surface area contributed by atoms with Crippen LogP contribution in [0, 0.1) is 5.92 Å². The minimum atomic E-state index is 0.166. The first-order chi connectivity index (χ1) is 12.1. The average Bonchev–Trinajstić information content (AvgIpc) is 3.16. The SMILES string of the molecule is CN(CC1CCN(CCc2ccc(Cl)cc2)CC1)C(=O)C1=CCC=C1. The smallest absolute Gasteiger partial charge is 0.253 e. The van der Waals surface area contributed by atoms with Crippen molar-refractivity contribution in [1.82, 2.24) is 9.80 Å². The first kappa shape index (κ1) is 18.2. The lowest BCUT2D eigenvalue weighted by Gasteiger charge is -2.34. The van der Waals surface area contributed by atoms with E-state index < -0.39 is 0 Å². The quantitative estimate of drug-likeness (QED) is 0.769. The Morgan fingerprint density at radius 1 is 1.24 bits per heavy atom. The van der Waals surface area contributed by atoms with Gasteiger partial charge in [0.25, 0.3) is 5.91 Å². The molecular weight excluding hydrogens is 332 g/mol. The Hall–Kier alpha value is -1.58. The van der Waals surface area contributed by atoms with Gasteiger partial charge < -0.3 is 9.80 Å². The standard InChI is InChI=1S/C21H27ClN2O/c1-23(21(25)19-4-2-3-5-19)16-18-11-14-24(15-12-18)13-10-17-6-8-20(22)9-7-17/h2,4-9,18H,3,10-16H2,1H3. The fourth-order valence-corrected chi connectivity index (χ4v) is 3.76. The number of amides is 1. The van der Waals surface area contributed by atoms with E-state index in [0.29, 0.717) is 5.92 Å². The first-order valence-electron chi connectivity index (χ1n) is 9.21. The van der Waals surface area contributed by atoms with Crippen molar-refractivity contribution in [1.29, 1.82) is 0 Å². The van der Waals surface area contributed by atoms with Crippen LogP contribution in [0.15, 0.2) is 48.1 Å². The molecular formula is C21H27ClN2O. The molecule has 0 unspecified atom stereocenters. The van der Waals surface area contributed by atoms with Crippen molar-refractivity contribution in [3.8, 4) is 0 Å². The predicted molar refractivity (Wildman–Crippen MR) is 104 cm³/mol. The van der Waals surface area contributed by atoms with Crippen LogP contribution in [0.5, 0.6) is 0 Å². The molecule has 4 heteroatoms. The number of hydrogen-bond donors (Lipinski definition) is 0. The van der Waals surface area contributed by atoms with Crippen LogP contribution in [0.4, 0.5) is 0 Å². The van der Waals surface area contributed by atoms with E-state index in [1.54, 1.807) is 0 Å². The highest BCUT2D eigenvalue weighted by Gasteiger charge is 2.23. The molecule has 1 aromatic rings. The minimum Gasteiger partial charge on any atom is -0.341 e. The monoisotopic (exact) mass is 358 g/mol. The van der Waals surface area contributed by atoms with Gasteiger partial charge in [-0.15, -0.1) is 0 Å². The Labute approximate surface area is 155 Å². The molecule has 0 aromatic heterocycles. The van der Waals surface area contributed by atoms with Gasteiger partial charge in [-0.3, -0.25) is 4.79 Å². The largest absolute Gasteiger partial charge is 0.341 e. The zero-order valence-electron chi connectivity index (χ0n) is 15.0. The van der Waals surface area contributed by atoms with Crippen LogP contribution < -0.4 is 0 Å². The molecule has 1 aliphatic carbocycles. The molecule has 3 nitrogen and oxygen atoms in total. The number of piperidine rings is 1. The lowest BCUT2D eigenvalue weighted by molar-refractivity contribution is -0.126. The summed E-state index contributed by atoms with van der Waals surface area (Å²) in [4.78, 5) is 16.8. The summed E-state index contributed by atoms with van der Waals surface area (Å²) >= 11 is 5.94. The molecule has 1 saturated heterocycles. The van der Waals surface area contributed by atoms with Crippen molar-refractivity contribution >= 4 is 17.5 Å². The van der Waals surface area contributed by atoms with E-state index >= 15 is 0 Å². The molecule has 0 atom stereocenters. The fourth-order valence-electron chi connectivity index (χ4n) is 3.64. The maximum Gasteiger partial charge on any atom is 0.253 e. The van der Waals surface area contributed by atoms with Crippen molar-refractivity contribution in [3.63, 3.8) is 0 Å². The van der Waals surface area contributed by atoms with Gasteiger partial charge in [-0.25, -0.2) is 0 Å². The van der Waals surface area contributed by atoms with Crippen LogP contribution in [-0.2, 0) is 11.2 Å². The first-order valence-corrected chi connectivity index (χ1v) is 9.58. The van der Waals surface area contributed by atoms with Crippen LogP contribution in [0.25, 0.3) is 0 Å². The molecule has 1 aromatic carbocycles. The fraction of sp³-hybridized carbons (Fsp3) is 0.476. The zero-order valence-corrected chi connectivity index (χ0v) is 15.7. The number of nitrogens with zero attached hydrogens (tertiary/aromatic N) is 2. The van der Waals surface area contributed by atoms with Crippen molar-refractivity contribution < 1.29 is 4.79 Å². The Kier molecular flexibility index (Phi) is 6.33. The maximum absolute atomic E-state index is 12.4. The highest BCUT2D eigenvalue weighted by Crippen LogP contribution is 2.20. The highest BCUT2D eigenvalue weighted by atomic mass is 35.5. The number of carbonyl (C=O) groups is 1. The molecule has 0 bridgehead atoms. The summed E-state index contributed by atoms with van der Waals surface area (Å²) in [7, 11) is 1.93. The second kappa shape index (κ2) is 8.68. The van der Waals surface area contributed by atoms with Crippen LogP contribution in [-0.4, -0.2) is 48.9 Å². The topological polar surface area (TPSA) is 23.6 Å². The molecule has 0 spiro atoms. The van der Waals surface area contributed by atoms with E-state index in [0.717, 1.165) is 49.6 Å². The normalized spacial score (nSPS) is 18.4. The molecule has 25 heavy (non-hydrogen) atoms. The van der Waals surface area contributed by atoms with Crippen molar-refractivity contribution in [2.45, 2.75) is 25.7 Å². The van der Waals surface area contributed by atoms with Crippen molar-refractivity contribution in [3.05, 3.63) is 58.7 Å². The van der Waals surface area contributed by atoms with E-state index in [1.165, 1.54) is 18.4 Å². The number of rotatable bonds is 6. The van der Waals surface area contributed by atoms with Crippen LogP contribution in [0.3, 0.4) is 0 Å². The van der Waals surface area contributed by atoms with Crippen LogP contribution >= 0.6 is 11.6 Å². The molecule has 0 saturated carbocycles. The van der Waals surface area contributed by atoms with E-state index in [2.05, 4.69) is 17.0 Å². The summed E-state index contributed by atoms with van der Waals surface area (Å²) in [5.74, 6) is 0.783. The Balaban J connectivity index is 1.38. The maximum atomic E-state index is 12.4. The summed E-state index contributed by atoms with van der Waals surface area (Å²) < 4.78 is 0. The number of likely N-dealkylation sites (tertiary alicyclic amines) is 1.